The van der Waals surface area contributed by atoms with Crippen LogP contribution in [0.5, 0.6) is 0 Å². The highest BCUT2D eigenvalue weighted by atomic mass is 35.5. The lowest BCUT2D eigenvalue weighted by molar-refractivity contribution is 0.0956. The van der Waals surface area contributed by atoms with Crippen molar-refractivity contribution in [2.24, 2.45) is 0 Å². The van der Waals surface area contributed by atoms with Gasteiger partial charge in [-0.2, -0.15) is 0 Å². The number of carbonyl (C=O) groups is 1. The predicted octanol–water partition coefficient (Wildman–Crippen LogP) is 0.509. The number of nitrogens with zero attached hydrogens (tertiary/aromatic N) is 1. The Morgan fingerprint density at radius 2 is 2.25 bits per heavy atom. The smallest absolute Gasteiger partial charge is 0.254 e. The molecule has 0 saturated heterocycles. The van der Waals surface area contributed by atoms with Gasteiger partial charge in [-0.15, -0.1) is 0 Å². The van der Waals surface area contributed by atoms with Crippen LogP contribution in [0.2, 0.25) is 5.15 Å². The van der Waals surface area contributed by atoms with Crippen molar-refractivity contribution in [2.75, 3.05) is 18.6 Å². The van der Waals surface area contributed by atoms with E-state index in [1.54, 1.807) is 6.07 Å². The summed E-state index contributed by atoms with van der Waals surface area (Å²) in [4.78, 5) is 15.3. The molecule has 0 atom stereocenters. The van der Waals surface area contributed by atoms with Gasteiger partial charge in [0, 0.05) is 19.0 Å². The molecule has 0 spiro atoms. The van der Waals surface area contributed by atoms with Crippen molar-refractivity contribution in [2.45, 2.75) is 0 Å². The summed E-state index contributed by atoms with van der Waals surface area (Å²) < 4.78 is 21.7. The minimum absolute atomic E-state index is 0.0584. The molecule has 1 heterocycles. The lowest BCUT2D eigenvalue weighted by atomic mass is 10.3. The fourth-order valence-corrected chi connectivity index (χ4v) is 1.68. The number of amides is 1. The van der Waals surface area contributed by atoms with Crippen LogP contribution in [0.4, 0.5) is 0 Å². The first-order valence-corrected chi connectivity index (χ1v) is 6.90. The molecule has 0 unspecified atom stereocenters. The van der Waals surface area contributed by atoms with Crippen LogP contribution in [0, 0.1) is 0 Å². The molecule has 1 N–H and O–H groups in total. The number of sulfone groups is 1. The summed E-state index contributed by atoms with van der Waals surface area (Å²) in [6, 6.07) is 3.10. The lowest BCUT2D eigenvalue weighted by Crippen LogP contribution is -2.29. The minimum Gasteiger partial charge on any atom is -0.351 e. The Hall–Kier alpha value is -1.14. The van der Waals surface area contributed by atoms with E-state index in [4.69, 9.17) is 11.6 Å². The topological polar surface area (TPSA) is 76.1 Å². The van der Waals surface area contributed by atoms with E-state index in [0.717, 1.165) is 6.26 Å². The van der Waals surface area contributed by atoms with Crippen LogP contribution in [0.25, 0.3) is 0 Å². The number of aromatic nitrogens is 1. The summed E-state index contributed by atoms with van der Waals surface area (Å²) in [5.41, 5.74) is 0.234. The van der Waals surface area contributed by atoms with Gasteiger partial charge in [-0.05, 0) is 12.1 Å². The Kier molecular flexibility index (Phi) is 4.26. The maximum absolute atomic E-state index is 11.5. The molecule has 0 bridgehead atoms. The summed E-state index contributed by atoms with van der Waals surface area (Å²) in [6.07, 6.45) is 2.58. The van der Waals surface area contributed by atoms with E-state index in [0.29, 0.717) is 0 Å². The molecule has 88 valence electrons. The van der Waals surface area contributed by atoms with E-state index in [9.17, 15) is 13.2 Å². The zero-order chi connectivity index (χ0) is 12.2. The molecular weight excluding hydrogens is 252 g/mol. The summed E-state index contributed by atoms with van der Waals surface area (Å²) in [6.45, 7) is 0.0584. The van der Waals surface area contributed by atoms with E-state index in [2.05, 4.69) is 10.3 Å². The quantitative estimate of drug-likeness (QED) is 0.802. The van der Waals surface area contributed by atoms with Gasteiger partial charge in [0.05, 0.1) is 11.3 Å². The van der Waals surface area contributed by atoms with Crippen LogP contribution in [0.3, 0.4) is 0 Å². The van der Waals surface area contributed by atoms with Gasteiger partial charge in [-0.25, -0.2) is 13.4 Å². The molecule has 0 aliphatic heterocycles. The molecule has 16 heavy (non-hydrogen) atoms. The Morgan fingerprint density at radius 1 is 1.56 bits per heavy atom. The highest BCUT2D eigenvalue weighted by Gasteiger charge is 2.10. The summed E-state index contributed by atoms with van der Waals surface area (Å²) in [5.74, 6) is -0.530. The van der Waals surface area contributed by atoms with Crippen molar-refractivity contribution in [3.63, 3.8) is 0 Å². The molecule has 1 aromatic heterocycles. The molecule has 0 aliphatic carbocycles. The maximum Gasteiger partial charge on any atom is 0.254 e. The van der Waals surface area contributed by atoms with Crippen LogP contribution >= 0.6 is 11.6 Å². The van der Waals surface area contributed by atoms with Crippen molar-refractivity contribution in [3.05, 3.63) is 29.0 Å². The fraction of sp³-hybridized carbons (Fsp3) is 0.333. The third-order valence-electron chi connectivity index (χ3n) is 1.76. The molecule has 5 nitrogen and oxygen atoms in total. The van der Waals surface area contributed by atoms with Crippen molar-refractivity contribution in [3.8, 4) is 0 Å². The van der Waals surface area contributed by atoms with Gasteiger partial charge in [-0.1, -0.05) is 11.6 Å². The number of pyridine rings is 1. The number of halogens is 1. The van der Waals surface area contributed by atoms with E-state index >= 15 is 0 Å². The first-order valence-electron chi connectivity index (χ1n) is 4.46. The molecule has 0 radical (unpaired) electrons. The average molecular weight is 263 g/mol. The predicted molar refractivity (Wildman–Crippen MR) is 61.3 cm³/mol. The molecule has 0 fully saturated rings. The van der Waals surface area contributed by atoms with E-state index in [1.807, 2.05) is 0 Å². The second kappa shape index (κ2) is 5.27. The summed E-state index contributed by atoms with van der Waals surface area (Å²) >= 11 is 5.70. The normalized spacial score (nSPS) is 11.1. The van der Waals surface area contributed by atoms with Gasteiger partial charge in [-0.3, -0.25) is 4.79 Å². The highest BCUT2D eigenvalue weighted by molar-refractivity contribution is 7.90. The van der Waals surface area contributed by atoms with Gasteiger partial charge in [0.1, 0.15) is 15.0 Å². The van der Waals surface area contributed by atoms with Gasteiger partial charge < -0.3 is 5.32 Å². The van der Waals surface area contributed by atoms with Crippen LogP contribution in [0.15, 0.2) is 18.3 Å². The van der Waals surface area contributed by atoms with Gasteiger partial charge in [0.15, 0.2) is 0 Å². The number of nitrogens with one attached hydrogen (secondary N) is 1. The largest absolute Gasteiger partial charge is 0.351 e. The summed E-state index contributed by atoms with van der Waals surface area (Å²) in [5, 5.41) is 2.55. The van der Waals surface area contributed by atoms with Crippen LogP contribution < -0.4 is 5.32 Å². The Labute approximate surface area is 98.8 Å². The molecule has 1 amide bonds. The molecular formula is C9H11ClN2O3S. The first-order chi connectivity index (χ1) is 7.40. The van der Waals surface area contributed by atoms with Crippen molar-refractivity contribution >= 4 is 27.3 Å². The maximum atomic E-state index is 11.5. The van der Waals surface area contributed by atoms with E-state index in [-0.39, 0.29) is 23.0 Å². The Bertz CT molecular complexity index is 487. The number of carbonyl (C=O) groups excluding carboxylic acids is 1. The fourth-order valence-electron chi connectivity index (χ4n) is 1.00. The second-order valence-corrected chi connectivity index (χ2v) is 5.85. The zero-order valence-corrected chi connectivity index (χ0v) is 10.2. The van der Waals surface area contributed by atoms with Crippen LogP contribution in [0.1, 0.15) is 10.4 Å². The number of hydrogen-bond donors (Lipinski definition) is 1. The molecule has 1 aromatic rings. The van der Waals surface area contributed by atoms with Crippen molar-refractivity contribution in [1.29, 1.82) is 0 Å². The second-order valence-electron chi connectivity index (χ2n) is 3.23. The van der Waals surface area contributed by atoms with Crippen LogP contribution in [-0.2, 0) is 9.84 Å². The first kappa shape index (κ1) is 12.9. The van der Waals surface area contributed by atoms with Crippen LogP contribution in [-0.4, -0.2) is 37.9 Å². The molecule has 0 aromatic carbocycles. The Balaban J connectivity index is 2.57. The number of hydrogen-bond acceptors (Lipinski definition) is 4. The molecule has 0 saturated carbocycles. The lowest BCUT2D eigenvalue weighted by Gasteiger charge is -2.04. The molecule has 1 rings (SSSR count). The zero-order valence-electron chi connectivity index (χ0n) is 8.60. The van der Waals surface area contributed by atoms with Crippen molar-refractivity contribution in [1.82, 2.24) is 10.3 Å². The average Bonchev–Trinajstić information content (AvgIpc) is 2.16. The SMILES string of the molecule is CS(=O)(=O)CCNC(=O)c1cccnc1Cl. The number of rotatable bonds is 4. The van der Waals surface area contributed by atoms with Gasteiger partial charge in [0.2, 0.25) is 0 Å². The summed E-state index contributed by atoms with van der Waals surface area (Å²) in [7, 11) is -3.08. The third kappa shape index (κ3) is 4.16. The minimum atomic E-state index is -3.08. The van der Waals surface area contributed by atoms with Crippen molar-refractivity contribution < 1.29 is 13.2 Å². The molecule has 0 aliphatic rings. The Morgan fingerprint density at radius 3 is 2.81 bits per heavy atom. The molecule has 7 heteroatoms. The highest BCUT2D eigenvalue weighted by Crippen LogP contribution is 2.10. The third-order valence-corrected chi connectivity index (χ3v) is 3.01. The van der Waals surface area contributed by atoms with Gasteiger partial charge >= 0.3 is 0 Å². The monoisotopic (exact) mass is 262 g/mol. The standard InChI is InChI=1S/C9H11ClN2O3S/c1-16(14,15)6-5-12-9(13)7-3-2-4-11-8(7)10/h2-4H,5-6H2,1H3,(H,12,13). The van der Waals surface area contributed by atoms with E-state index < -0.39 is 15.7 Å². The van der Waals surface area contributed by atoms with E-state index in [1.165, 1.54) is 12.3 Å². The van der Waals surface area contributed by atoms with Gasteiger partial charge in [0.25, 0.3) is 5.91 Å².